The van der Waals surface area contributed by atoms with Gasteiger partial charge < -0.3 is 24.7 Å². The number of nitrogens with one attached hydrogen (secondary N) is 2. The summed E-state index contributed by atoms with van der Waals surface area (Å²) in [4.78, 5) is 2.56. The van der Waals surface area contributed by atoms with Crippen molar-refractivity contribution in [3.63, 3.8) is 0 Å². The standard InChI is InChI=1S/C33H40F3N5O4S/c1-32(40-17-22-19-45-20-23(22)18-40)12-10-24(11-13-32)39-28-6-3-7-30-27(28)15-25(41(30)21-33(34,35)36)5-4-14-38-29-9-8-26(46(37,42)43)16-31(29)44-2/h3,6-9,15-16,22-24,38-39H,10-14,17-21H2,1-2H3,(H2,37,42,43). The van der Waals surface area contributed by atoms with E-state index in [2.05, 4.69) is 34.3 Å². The fourth-order valence-corrected chi connectivity index (χ4v) is 7.71. The number of methoxy groups -OCH3 is 1. The molecule has 2 unspecified atom stereocenters. The Morgan fingerprint density at radius 2 is 1.80 bits per heavy atom. The normalized spacial score (nSPS) is 25.2. The van der Waals surface area contributed by atoms with Crippen molar-refractivity contribution in [1.29, 1.82) is 0 Å². The highest BCUT2D eigenvalue weighted by molar-refractivity contribution is 7.89. The molecule has 1 aliphatic carbocycles. The Bertz CT molecular complexity index is 1740. The number of likely N-dealkylation sites (tertiary alicyclic amines) is 1. The average Bonchev–Trinajstić information content (AvgIpc) is 3.71. The molecule has 3 heterocycles. The van der Waals surface area contributed by atoms with Gasteiger partial charge in [-0.2, -0.15) is 13.2 Å². The second-order valence-electron chi connectivity index (χ2n) is 12.9. The fraction of sp³-hybridized carbons (Fsp3) is 0.515. The molecule has 0 spiro atoms. The molecule has 2 aliphatic heterocycles. The number of rotatable bonds is 8. The fourth-order valence-electron chi connectivity index (χ4n) is 7.18. The molecule has 2 atom stereocenters. The lowest BCUT2D eigenvalue weighted by Gasteiger charge is -2.45. The minimum absolute atomic E-state index is 0.0795. The van der Waals surface area contributed by atoms with Gasteiger partial charge in [-0.25, -0.2) is 13.6 Å². The summed E-state index contributed by atoms with van der Waals surface area (Å²) in [5, 5.41) is 12.6. The Labute approximate surface area is 267 Å². The van der Waals surface area contributed by atoms with Crippen LogP contribution in [0.3, 0.4) is 0 Å². The molecule has 248 valence electrons. The molecule has 13 heteroatoms. The van der Waals surface area contributed by atoms with Crippen molar-refractivity contribution in [2.75, 3.05) is 50.6 Å². The highest BCUT2D eigenvalue weighted by Crippen LogP contribution is 2.41. The van der Waals surface area contributed by atoms with Gasteiger partial charge in [0.1, 0.15) is 12.3 Å². The summed E-state index contributed by atoms with van der Waals surface area (Å²) in [5.74, 6) is 7.35. The molecular weight excluding hydrogens is 619 g/mol. The molecule has 0 bridgehead atoms. The lowest BCUT2D eigenvalue weighted by atomic mass is 9.79. The van der Waals surface area contributed by atoms with Crippen LogP contribution in [0.15, 0.2) is 47.4 Å². The van der Waals surface area contributed by atoms with E-state index in [1.807, 2.05) is 6.07 Å². The Morgan fingerprint density at radius 1 is 1.09 bits per heavy atom. The Balaban J connectivity index is 1.17. The zero-order valence-corrected chi connectivity index (χ0v) is 26.8. The van der Waals surface area contributed by atoms with Crippen LogP contribution >= 0.6 is 0 Å². The van der Waals surface area contributed by atoms with Gasteiger partial charge in [-0.3, -0.25) is 4.90 Å². The summed E-state index contributed by atoms with van der Waals surface area (Å²) in [6.07, 6.45) is -0.335. The smallest absolute Gasteiger partial charge is 0.406 e. The van der Waals surface area contributed by atoms with Crippen LogP contribution in [-0.4, -0.2) is 75.6 Å². The minimum atomic E-state index is -4.43. The summed E-state index contributed by atoms with van der Waals surface area (Å²) in [6.45, 7) is 5.23. The molecule has 2 saturated heterocycles. The molecule has 0 radical (unpaired) electrons. The lowest BCUT2D eigenvalue weighted by Crippen LogP contribution is -2.49. The number of anilines is 2. The van der Waals surface area contributed by atoms with E-state index in [9.17, 15) is 21.6 Å². The third-order valence-corrected chi connectivity index (χ3v) is 10.7. The van der Waals surface area contributed by atoms with E-state index in [4.69, 9.17) is 14.6 Å². The summed E-state index contributed by atoms with van der Waals surface area (Å²) in [5.41, 5.74) is 2.15. The number of nitrogens with two attached hydrogens (primary N) is 1. The van der Waals surface area contributed by atoms with Crippen LogP contribution in [0.5, 0.6) is 5.75 Å². The molecule has 1 saturated carbocycles. The highest BCUT2D eigenvalue weighted by atomic mass is 32.2. The van der Waals surface area contributed by atoms with Gasteiger partial charge in [0.05, 0.1) is 48.7 Å². The van der Waals surface area contributed by atoms with Crippen LogP contribution in [0.1, 0.15) is 38.3 Å². The van der Waals surface area contributed by atoms with E-state index in [0.29, 0.717) is 28.4 Å². The summed E-state index contributed by atoms with van der Waals surface area (Å²) < 4.78 is 76.6. The first-order valence-electron chi connectivity index (χ1n) is 15.5. The SMILES string of the molecule is COc1cc(S(N)(=O)=O)ccc1NCC#Cc1cc2c(NC3CCC(C)(N4CC5COCC5C4)CC3)cccc2n1CC(F)(F)F. The predicted molar refractivity (Wildman–Crippen MR) is 171 cm³/mol. The maximum atomic E-state index is 13.7. The largest absolute Gasteiger partial charge is 0.495 e. The minimum Gasteiger partial charge on any atom is -0.495 e. The number of nitrogens with zero attached hydrogens (tertiary/aromatic N) is 2. The number of hydrogen-bond acceptors (Lipinski definition) is 7. The number of aromatic nitrogens is 1. The molecule has 2 aromatic carbocycles. The third-order valence-electron chi connectivity index (χ3n) is 9.79. The number of halogens is 3. The molecule has 0 amide bonds. The molecule has 9 nitrogen and oxygen atoms in total. The second kappa shape index (κ2) is 12.6. The van der Waals surface area contributed by atoms with Gasteiger partial charge in [0, 0.05) is 53.6 Å². The van der Waals surface area contributed by atoms with Crippen molar-refractivity contribution in [3.05, 3.63) is 48.2 Å². The van der Waals surface area contributed by atoms with Gasteiger partial charge in [0.25, 0.3) is 0 Å². The molecule has 6 rings (SSSR count). The second-order valence-corrected chi connectivity index (χ2v) is 14.5. The maximum Gasteiger partial charge on any atom is 0.406 e. The van der Waals surface area contributed by atoms with Gasteiger partial charge in [-0.1, -0.05) is 12.0 Å². The van der Waals surface area contributed by atoms with E-state index < -0.39 is 22.7 Å². The van der Waals surface area contributed by atoms with Crippen molar-refractivity contribution in [2.24, 2.45) is 17.0 Å². The number of hydrogen-bond donors (Lipinski definition) is 3. The van der Waals surface area contributed by atoms with Crippen LogP contribution in [0, 0.1) is 23.7 Å². The van der Waals surface area contributed by atoms with Crippen molar-refractivity contribution < 1.29 is 31.1 Å². The summed E-state index contributed by atoms with van der Waals surface area (Å²) >= 11 is 0. The van der Waals surface area contributed by atoms with Gasteiger partial charge in [-0.15, -0.1) is 0 Å². The first-order valence-corrected chi connectivity index (χ1v) is 17.1. The van der Waals surface area contributed by atoms with Crippen molar-refractivity contribution in [1.82, 2.24) is 9.47 Å². The molecular formula is C33H40F3N5O4S. The molecule has 1 aromatic heterocycles. The highest BCUT2D eigenvalue weighted by Gasteiger charge is 2.45. The van der Waals surface area contributed by atoms with Gasteiger partial charge in [0.2, 0.25) is 10.0 Å². The Kier molecular flexibility index (Phi) is 8.93. The summed E-state index contributed by atoms with van der Waals surface area (Å²) in [6, 6.07) is 11.5. The van der Waals surface area contributed by atoms with Gasteiger partial charge in [-0.05, 0) is 68.9 Å². The molecule has 46 heavy (non-hydrogen) atoms. The topological polar surface area (TPSA) is 111 Å². The van der Waals surface area contributed by atoms with Crippen molar-refractivity contribution >= 4 is 32.3 Å². The van der Waals surface area contributed by atoms with E-state index in [1.165, 1.54) is 29.9 Å². The van der Waals surface area contributed by atoms with Crippen LogP contribution in [0.2, 0.25) is 0 Å². The number of benzene rings is 2. The Hall–Kier alpha value is -3.44. The number of primary sulfonamides is 1. The quantitative estimate of drug-likeness (QED) is 0.292. The van der Waals surface area contributed by atoms with E-state index in [0.717, 1.165) is 57.7 Å². The molecule has 4 N–H and O–H groups in total. The van der Waals surface area contributed by atoms with E-state index in [-0.39, 0.29) is 34.5 Å². The molecule has 3 aromatic rings. The monoisotopic (exact) mass is 659 g/mol. The van der Waals surface area contributed by atoms with Crippen LogP contribution < -0.4 is 20.5 Å². The zero-order valence-electron chi connectivity index (χ0n) is 26.0. The van der Waals surface area contributed by atoms with Crippen LogP contribution in [0.4, 0.5) is 24.5 Å². The predicted octanol–water partition coefficient (Wildman–Crippen LogP) is 5.01. The molecule has 3 fully saturated rings. The van der Waals surface area contributed by atoms with Gasteiger partial charge >= 0.3 is 6.18 Å². The maximum absolute atomic E-state index is 13.7. The van der Waals surface area contributed by atoms with Crippen LogP contribution in [0.25, 0.3) is 10.9 Å². The van der Waals surface area contributed by atoms with Gasteiger partial charge in [0.15, 0.2) is 0 Å². The number of alkyl halides is 3. The first-order chi connectivity index (χ1) is 21.8. The third kappa shape index (κ3) is 6.95. The van der Waals surface area contributed by atoms with E-state index >= 15 is 0 Å². The lowest BCUT2D eigenvalue weighted by molar-refractivity contribution is -0.140. The summed E-state index contributed by atoms with van der Waals surface area (Å²) in [7, 11) is -2.52. The number of fused-ring (bicyclic) bond motifs is 2. The Morgan fingerprint density at radius 3 is 2.46 bits per heavy atom. The van der Waals surface area contributed by atoms with Crippen molar-refractivity contribution in [2.45, 2.75) is 61.8 Å². The average molecular weight is 660 g/mol. The first kappa shape index (κ1) is 32.5. The van der Waals surface area contributed by atoms with Crippen LogP contribution in [-0.2, 0) is 21.3 Å². The number of sulfonamides is 1. The van der Waals surface area contributed by atoms with E-state index in [1.54, 1.807) is 18.2 Å². The van der Waals surface area contributed by atoms with Crippen molar-refractivity contribution in [3.8, 4) is 17.6 Å². The zero-order chi connectivity index (χ0) is 32.7. The molecule has 3 aliphatic rings. The number of ether oxygens (including phenoxy) is 2.